The van der Waals surface area contributed by atoms with Gasteiger partial charge in [0.1, 0.15) is 5.82 Å². The van der Waals surface area contributed by atoms with Crippen LogP contribution in [-0.2, 0) is 4.74 Å². The van der Waals surface area contributed by atoms with Gasteiger partial charge in [-0.3, -0.25) is 4.79 Å². The number of ether oxygens (including phenoxy) is 1. The Bertz CT molecular complexity index is 526. The Kier molecular flexibility index (Phi) is 5.27. The molecule has 0 radical (unpaired) electrons. The smallest absolute Gasteiger partial charge is 0.335 e. The van der Waals surface area contributed by atoms with Gasteiger partial charge in [0, 0.05) is 13.2 Å². The number of hydrogen-bond acceptors (Lipinski definition) is 3. The van der Waals surface area contributed by atoms with Gasteiger partial charge in [-0.25, -0.2) is 9.18 Å². The second kappa shape index (κ2) is 7.17. The van der Waals surface area contributed by atoms with E-state index in [0.717, 1.165) is 31.9 Å². The standard InChI is InChI=1S/C15H18FNO4/c16-13-9-10(15(19)20)4-5-12(13)14(18)17-7-6-11-3-1-2-8-21-11/h4-5,9,11H,1-3,6-8H2,(H,17,18)(H,19,20). The number of nitrogens with one attached hydrogen (secondary N) is 1. The van der Waals surface area contributed by atoms with E-state index in [1.54, 1.807) is 0 Å². The summed E-state index contributed by atoms with van der Waals surface area (Å²) in [6.07, 6.45) is 4.03. The molecule has 1 aromatic carbocycles. The molecule has 1 saturated heterocycles. The highest BCUT2D eigenvalue weighted by atomic mass is 19.1. The van der Waals surface area contributed by atoms with Crippen molar-refractivity contribution in [2.24, 2.45) is 0 Å². The number of amides is 1. The number of carbonyl (C=O) groups excluding carboxylic acids is 1. The summed E-state index contributed by atoms with van der Waals surface area (Å²) in [4.78, 5) is 22.5. The zero-order valence-corrected chi connectivity index (χ0v) is 11.6. The van der Waals surface area contributed by atoms with Crippen LogP contribution in [0, 0.1) is 5.82 Å². The molecule has 0 aromatic heterocycles. The maximum Gasteiger partial charge on any atom is 0.335 e. The third kappa shape index (κ3) is 4.26. The Balaban J connectivity index is 1.86. The molecular formula is C15H18FNO4. The first kappa shape index (κ1) is 15.4. The zero-order valence-electron chi connectivity index (χ0n) is 11.6. The molecule has 0 bridgehead atoms. The molecule has 0 aliphatic carbocycles. The molecule has 2 N–H and O–H groups in total. The third-order valence-electron chi connectivity index (χ3n) is 3.49. The molecule has 5 nitrogen and oxygen atoms in total. The molecule has 1 amide bonds. The fourth-order valence-electron chi connectivity index (χ4n) is 2.31. The van der Waals surface area contributed by atoms with Gasteiger partial charge in [-0.05, 0) is 43.9 Å². The van der Waals surface area contributed by atoms with Crippen LogP contribution in [0.5, 0.6) is 0 Å². The lowest BCUT2D eigenvalue weighted by Gasteiger charge is -2.22. The van der Waals surface area contributed by atoms with Crippen molar-refractivity contribution >= 4 is 11.9 Å². The number of rotatable bonds is 5. The molecule has 0 spiro atoms. The molecular weight excluding hydrogens is 277 g/mol. The summed E-state index contributed by atoms with van der Waals surface area (Å²) in [6, 6.07) is 3.25. The van der Waals surface area contributed by atoms with Gasteiger partial charge in [0.05, 0.1) is 17.2 Å². The van der Waals surface area contributed by atoms with Gasteiger partial charge in [0.2, 0.25) is 0 Å². The van der Waals surface area contributed by atoms with E-state index in [9.17, 15) is 14.0 Å². The van der Waals surface area contributed by atoms with Crippen molar-refractivity contribution in [2.75, 3.05) is 13.2 Å². The molecule has 114 valence electrons. The van der Waals surface area contributed by atoms with E-state index in [4.69, 9.17) is 9.84 Å². The van der Waals surface area contributed by atoms with Crippen molar-refractivity contribution in [2.45, 2.75) is 31.8 Å². The van der Waals surface area contributed by atoms with Crippen LogP contribution in [0.4, 0.5) is 4.39 Å². The average molecular weight is 295 g/mol. The Morgan fingerprint density at radius 2 is 2.19 bits per heavy atom. The number of benzene rings is 1. The topological polar surface area (TPSA) is 75.6 Å². The molecule has 1 atom stereocenters. The minimum atomic E-state index is -1.23. The van der Waals surface area contributed by atoms with Crippen LogP contribution in [0.15, 0.2) is 18.2 Å². The van der Waals surface area contributed by atoms with Gasteiger partial charge in [-0.1, -0.05) is 0 Å². The molecule has 6 heteroatoms. The molecule has 1 aliphatic heterocycles. The van der Waals surface area contributed by atoms with Gasteiger partial charge < -0.3 is 15.2 Å². The Morgan fingerprint density at radius 1 is 1.38 bits per heavy atom. The second-order valence-corrected chi connectivity index (χ2v) is 5.03. The summed E-state index contributed by atoms with van der Waals surface area (Å²) >= 11 is 0. The first-order chi connectivity index (χ1) is 10.1. The van der Waals surface area contributed by atoms with Crippen molar-refractivity contribution in [1.29, 1.82) is 0 Å². The van der Waals surface area contributed by atoms with Gasteiger partial charge in [0.25, 0.3) is 5.91 Å². The molecule has 1 unspecified atom stereocenters. The number of halogens is 1. The number of carboxylic acids is 1. The third-order valence-corrected chi connectivity index (χ3v) is 3.49. The first-order valence-corrected chi connectivity index (χ1v) is 7.00. The van der Waals surface area contributed by atoms with Crippen LogP contribution in [0.25, 0.3) is 0 Å². The SMILES string of the molecule is O=C(O)c1ccc(C(=O)NCCC2CCCCO2)c(F)c1. The maximum atomic E-state index is 13.7. The van der Waals surface area contributed by atoms with E-state index in [1.165, 1.54) is 12.1 Å². The minimum absolute atomic E-state index is 0.149. The summed E-state index contributed by atoms with van der Waals surface area (Å²) in [5.74, 6) is -2.60. The summed E-state index contributed by atoms with van der Waals surface area (Å²) in [6.45, 7) is 1.16. The predicted octanol–water partition coefficient (Wildman–Crippen LogP) is 2.21. The summed E-state index contributed by atoms with van der Waals surface area (Å²) in [5, 5.41) is 11.4. The van der Waals surface area contributed by atoms with E-state index in [-0.39, 0.29) is 17.2 Å². The Hall–Kier alpha value is -1.95. The molecule has 1 fully saturated rings. The molecule has 1 heterocycles. The molecule has 1 aliphatic rings. The van der Waals surface area contributed by atoms with Crippen LogP contribution in [0.1, 0.15) is 46.4 Å². The summed E-state index contributed by atoms with van der Waals surface area (Å²) in [7, 11) is 0. The van der Waals surface area contributed by atoms with Gasteiger partial charge in [-0.15, -0.1) is 0 Å². The zero-order chi connectivity index (χ0) is 15.2. The van der Waals surface area contributed by atoms with E-state index < -0.39 is 17.7 Å². The second-order valence-electron chi connectivity index (χ2n) is 5.03. The highest BCUT2D eigenvalue weighted by molar-refractivity contribution is 5.96. The number of hydrogen-bond donors (Lipinski definition) is 2. The van der Waals surface area contributed by atoms with Crippen LogP contribution in [0.3, 0.4) is 0 Å². The normalized spacial score (nSPS) is 18.2. The highest BCUT2D eigenvalue weighted by Crippen LogP contribution is 2.15. The Morgan fingerprint density at radius 3 is 2.81 bits per heavy atom. The van der Waals surface area contributed by atoms with E-state index >= 15 is 0 Å². The lowest BCUT2D eigenvalue weighted by molar-refractivity contribution is 0.0117. The van der Waals surface area contributed by atoms with Crippen molar-refractivity contribution < 1.29 is 23.8 Å². The lowest BCUT2D eigenvalue weighted by atomic mass is 10.1. The average Bonchev–Trinajstić information content (AvgIpc) is 2.48. The molecule has 21 heavy (non-hydrogen) atoms. The summed E-state index contributed by atoms with van der Waals surface area (Å²) < 4.78 is 19.2. The fraction of sp³-hybridized carbons (Fsp3) is 0.467. The van der Waals surface area contributed by atoms with Crippen molar-refractivity contribution in [3.05, 3.63) is 35.1 Å². The van der Waals surface area contributed by atoms with Crippen LogP contribution in [-0.4, -0.2) is 36.2 Å². The van der Waals surface area contributed by atoms with Crippen molar-refractivity contribution in [3.63, 3.8) is 0 Å². The summed E-state index contributed by atoms with van der Waals surface area (Å²) in [5.41, 5.74) is -0.329. The van der Waals surface area contributed by atoms with Crippen molar-refractivity contribution in [3.8, 4) is 0 Å². The van der Waals surface area contributed by atoms with Crippen LogP contribution >= 0.6 is 0 Å². The number of aromatic carboxylic acids is 1. The minimum Gasteiger partial charge on any atom is -0.478 e. The van der Waals surface area contributed by atoms with Crippen LogP contribution < -0.4 is 5.32 Å². The predicted molar refractivity (Wildman–Crippen MR) is 73.9 cm³/mol. The quantitative estimate of drug-likeness (QED) is 0.873. The Labute approximate surface area is 122 Å². The lowest BCUT2D eigenvalue weighted by Crippen LogP contribution is -2.30. The van der Waals surface area contributed by atoms with Crippen molar-refractivity contribution in [1.82, 2.24) is 5.32 Å². The van der Waals surface area contributed by atoms with Gasteiger partial charge >= 0.3 is 5.97 Å². The highest BCUT2D eigenvalue weighted by Gasteiger charge is 2.16. The van der Waals surface area contributed by atoms with E-state index in [0.29, 0.717) is 13.0 Å². The monoisotopic (exact) mass is 295 g/mol. The molecule has 2 rings (SSSR count). The first-order valence-electron chi connectivity index (χ1n) is 7.00. The molecule has 0 saturated carbocycles. The van der Waals surface area contributed by atoms with Crippen LogP contribution in [0.2, 0.25) is 0 Å². The fourth-order valence-corrected chi connectivity index (χ4v) is 2.31. The maximum absolute atomic E-state index is 13.7. The van der Waals surface area contributed by atoms with Gasteiger partial charge in [-0.2, -0.15) is 0 Å². The van der Waals surface area contributed by atoms with Gasteiger partial charge in [0.15, 0.2) is 0 Å². The number of carbonyl (C=O) groups is 2. The van der Waals surface area contributed by atoms with E-state index in [1.807, 2.05) is 0 Å². The largest absolute Gasteiger partial charge is 0.478 e. The van der Waals surface area contributed by atoms with E-state index in [2.05, 4.69) is 5.32 Å². The number of carboxylic acid groups (broad SMARTS) is 1. The molecule has 1 aromatic rings.